The van der Waals surface area contributed by atoms with Crippen molar-refractivity contribution in [1.82, 2.24) is 9.97 Å². The standard InChI is InChI=1S/C24H27N2.C2H3N.C2H5.ClH.Ir/c1-23(2,3)18-12-13-25-21(14-18)22-16-19(24(4,5)6)15-20(26-22)17-10-8-7-9-11-17;1-2-3;1-2;;/h7-10,12-16H,1-6H3;1H3;1H2,2H3;1H;/q-1;;-1;;+3/p-1. The Morgan fingerprint density at radius 2 is 1.39 bits per heavy atom. The van der Waals surface area contributed by atoms with Gasteiger partial charge in [-0.3, -0.25) is 9.97 Å². The van der Waals surface area contributed by atoms with Gasteiger partial charge in [0.1, 0.15) is 0 Å². The molecule has 0 amide bonds. The molecule has 33 heavy (non-hydrogen) atoms. The molecule has 0 saturated heterocycles. The van der Waals surface area contributed by atoms with Crippen LogP contribution in [0.1, 0.15) is 66.5 Å². The molecular formula is C28H35ClIrN3. The van der Waals surface area contributed by atoms with E-state index in [1.807, 2.05) is 24.4 Å². The minimum atomic E-state index is 0.0306. The summed E-state index contributed by atoms with van der Waals surface area (Å²) in [5.41, 5.74) is 6.40. The van der Waals surface area contributed by atoms with Crippen molar-refractivity contribution in [1.29, 1.82) is 5.26 Å². The number of halogens is 1. The molecule has 0 N–H and O–H groups in total. The summed E-state index contributed by atoms with van der Waals surface area (Å²) < 4.78 is 0. The SMILES string of the molecule is CC#N.CC(C)(C)c1ccnc(-c2cc(C(C)(C)C)cc(-c3[c-]cccc3)n2)c1.[CH2-]C.[Cl][Ir+2]. The van der Waals surface area contributed by atoms with Crippen molar-refractivity contribution in [2.24, 2.45) is 0 Å². The quantitative estimate of drug-likeness (QED) is 0.265. The van der Waals surface area contributed by atoms with Crippen molar-refractivity contribution >= 4 is 9.58 Å². The Bertz CT molecular complexity index is 998. The van der Waals surface area contributed by atoms with Crippen molar-refractivity contribution < 1.29 is 17.9 Å². The monoisotopic (exact) mass is 641 g/mol. The summed E-state index contributed by atoms with van der Waals surface area (Å²) in [6.07, 6.45) is 1.88. The van der Waals surface area contributed by atoms with Crippen LogP contribution in [0.25, 0.3) is 22.6 Å². The van der Waals surface area contributed by atoms with E-state index in [1.54, 1.807) is 13.0 Å². The average Bonchev–Trinajstić information content (AvgIpc) is 2.81. The van der Waals surface area contributed by atoms with Gasteiger partial charge in [-0.2, -0.15) is 12.2 Å². The van der Waals surface area contributed by atoms with E-state index in [1.165, 1.54) is 35.9 Å². The predicted molar refractivity (Wildman–Crippen MR) is 137 cm³/mol. The number of pyridine rings is 2. The molecule has 0 atom stereocenters. The van der Waals surface area contributed by atoms with Crippen LogP contribution in [0.2, 0.25) is 0 Å². The maximum atomic E-state index is 7.32. The van der Waals surface area contributed by atoms with Crippen LogP contribution >= 0.6 is 9.58 Å². The van der Waals surface area contributed by atoms with Gasteiger partial charge in [-0.25, -0.2) is 0 Å². The Morgan fingerprint density at radius 1 is 0.879 bits per heavy atom. The molecule has 3 aromatic rings. The van der Waals surface area contributed by atoms with Crippen molar-refractivity contribution in [3.63, 3.8) is 0 Å². The number of nitrogens with zero attached hydrogens (tertiary/aromatic N) is 3. The Labute approximate surface area is 215 Å². The first-order valence-corrected chi connectivity index (χ1v) is 13.6. The average molecular weight is 641 g/mol. The number of hydrogen-bond donors (Lipinski definition) is 0. The van der Waals surface area contributed by atoms with Gasteiger partial charge >= 0.3 is 27.5 Å². The molecule has 0 radical (unpaired) electrons. The summed E-state index contributed by atoms with van der Waals surface area (Å²) >= 11 is 1.47. The van der Waals surface area contributed by atoms with Gasteiger partial charge in [-0.05, 0) is 45.8 Å². The van der Waals surface area contributed by atoms with Crippen LogP contribution < -0.4 is 0 Å². The second-order valence-corrected chi connectivity index (χ2v) is 9.06. The number of aromatic nitrogens is 2. The second-order valence-electron chi connectivity index (χ2n) is 9.06. The first-order valence-electron chi connectivity index (χ1n) is 10.7. The van der Waals surface area contributed by atoms with E-state index in [4.69, 9.17) is 10.2 Å². The van der Waals surface area contributed by atoms with Gasteiger partial charge in [-0.1, -0.05) is 47.6 Å². The summed E-state index contributed by atoms with van der Waals surface area (Å²) in [6, 6.07) is 21.6. The summed E-state index contributed by atoms with van der Waals surface area (Å²) in [5.74, 6) is 0. The topological polar surface area (TPSA) is 49.6 Å². The fourth-order valence-corrected chi connectivity index (χ4v) is 2.82. The summed E-state index contributed by atoms with van der Waals surface area (Å²) in [6.45, 7) is 19.8. The van der Waals surface area contributed by atoms with E-state index in [0.717, 1.165) is 22.6 Å². The fraction of sp³-hybridized carbons (Fsp3) is 0.357. The van der Waals surface area contributed by atoms with E-state index in [2.05, 4.69) is 99.4 Å². The zero-order valence-corrected chi connectivity index (χ0v) is 24.1. The summed E-state index contributed by atoms with van der Waals surface area (Å²) in [7, 11) is 4.64. The van der Waals surface area contributed by atoms with Crippen LogP contribution in [0.15, 0.2) is 54.7 Å². The zero-order valence-electron chi connectivity index (χ0n) is 21.0. The molecule has 3 nitrogen and oxygen atoms in total. The van der Waals surface area contributed by atoms with E-state index in [0.29, 0.717) is 0 Å². The van der Waals surface area contributed by atoms with Gasteiger partial charge < -0.3 is 6.92 Å². The molecule has 178 valence electrons. The van der Waals surface area contributed by atoms with Crippen LogP contribution in [0.4, 0.5) is 0 Å². The van der Waals surface area contributed by atoms with Crippen LogP contribution in [0.5, 0.6) is 0 Å². The molecule has 5 heteroatoms. The van der Waals surface area contributed by atoms with Gasteiger partial charge in [0.15, 0.2) is 0 Å². The number of nitriles is 1. The van der Waals surface area contributed by atoms with Crippen LogP contribution in [0, 0.1) is 24.3 Å². The molecule has 3 rings (SSSR count). The third-order valence-electron chi connectivity index (χ3n) is 4.56. The van der Waals surface area contributed by atoms with Gasteiger partial charge in [-0.15, -0.1) is 35.9 Å². The molecule has 0 bridgehead atoms. The third kappa shape index (κ3) is 10.2. The summed E-state index contributed by atoms with van der Waals surface area (Å²) in [5, 5.41) is 7.32. The molecule has 1 aromatic carbocycles. The van der Waals surface area contributed by atoms with Crippen molar-refractivity contribution in [3.05, 3.63) is 78.8 Å². The van der Waals surface area contributed by atoms with Crippen molar-refractivity contribution in [3.8, 4) is 28.7 Å². The molecule has 0 aliphatic rings. The van der Waals surface area contributed by atoms with E-state index < -0.39 is 0 Å². The number of rotatable bonds is 2. The van der Waals surface area contributed by atoms with E-state index >= 15 is 0 Å². The molecule has 0 aliphatic heterocycles. The van der Waals surface area contributed by atoms with Crippen LogP contribution in [0.3, 0.4) is 0 Å². The van der Waals surface area contributed by atoms with Gasteiger partial charge in [0.25, 0.3) is 0 Å². The van der Waals surface area contributed by atoms with Gasteiger partial charge in [0.2, 0.25) is 0 Å². The Morgan fingerprint density at radius 3 is 1.88 bits per heavy atom. The Kier molecular flexibility index (Phi) is 14.0. The Hall–Kier alpha value is -2.05. The molecule has 0 spiro atoms. The second kappa shape index (κ2) is 15.0. The number of hydrogen-bond acceptors (Lipinski definition) is 3. The molecule has 0 unspecified atom stereocenters. The van der Waals surface area contributed by atoms with Crippen LogP contribution in [-0.2, 0) is 28.7 Å². The molecule has 2 aromatic heterocycles. The van der Waals surface area contributed by atoms with Gasteiger partial charge in [0.05, 0.1) is 17.5 Å². The molecular weight excluding hydrogens is 606 g/mol. The van der Waals surface area contributed by atoms with E-state index in [-0.39, 0.29) is 10.8 Å². The number of benzene rings is 1. The third-order valence-corrected chi connectivity index (χ3v) is 4.56. The molecule has 2 heterocycles. The van der Waals surface area contributed by atoms with Crippen molar-refractivity contribution in [2.45, 2.75) is 66.2 Å². The fourth-order valence-electron chi connectivity index (χ4n) is 2.82. The first-order chi connectivity index (χ1) is 15.6. The minimum absolute atomic E-state index is 0.0306. The molecule has 0 aliphatic carbocycles. The van der Waals surface area contributed by atoms with Crippen LogP contribution in [-0.4, -0.2) is 9.97 Å². The maximum absolute atomic E-state index is 7.32. The van der Waals surface area contributed by atoms with Gasteiger partial charge in [0, 0.05) is 13.1 Å². The Balaban J connectivity index is 0.00000132. The first kappa shape index (κ1) is 30.9. The normalized spacial score (nSPS) is 10.2. The molecule has 0 fully saturated rings. The zero-order chi connectivity index (χ0) is 25.7. The molecule has 0 saturated carbocycles. The van der Waals surface area contributed by atoms with Crippen molar-refractivity contribution in [2.75, 3.05) is 0 Å². The summed E-state index contributed by atoms with van der Waals surface area (Å²) in [4.78, 5) is 9.53. The predicted octanol–water partition coefficient (Wildman–Crippen LogP) is 8.26. The van der Waals surface area contributed by atoms with E-state index in [9.17, 15) is 0 Å².